The van der Waals surface area contributed by atoms with Gasteiger partial charge in [-0.1, -0.05) is 5.11 Å². The lowest BCUT2D eigenvalue weighted by atomic mass is 10.1. The molecule has 1 heterocycles. The van der Waals surface area contributed by atoms with Crippen LogP contribution < -0.4 is 4.90 Å². The number of benzene rings is 1. The fourth-order valence-electron chi connectivity index (χ4n) is 2.21. The number of aryl methyl sites for hydroxylation is 1. The Balaban J connectivity index is 2.18. The normalized spacial score (nSPS) is 18.9. The van der Waals surface area contributed by atoms with Crippen molar-refractivity contribution in [1.29, 1.82) is 0 Å². The molecule has 0 aliphatic carbocycles. The van der Waals surface area contributed by atoms with Crippen LogP contribution in [0.4, 0.5) is 5.69 Å². The highest BCUT2D eigenvalue weighted by Gasteiger charge is 2.30. The van der Waals surface area contributed by atoms with E-state index in [0.717, 1.165) is 14.8 Å². The minimum Gasteiger partial charge on any atom is -0.312 e. The monoisotopic (exact) mass is 356 g/mol. The molecule has 5 nitrogen and oxygen atoms in total. The molecule has 2 rings (SSSR count). The summed E-state index contributed by atoms with van der Waals surface area (Å²) in [4.78, 5) is 16.5. The summed E-state index contributed by atoms with van der Waals surface area (Å²) < 4.78 is 1.16. The number of azide groups is 1. The molecule has 1 aromatic carbocycles. The fourth-order valence-corrected chi connectivity index (χ4v) is 2.86. The van der Waals surface area contributed by atoms with Gasteiger partial charge in [-0.05, 0) is 64.7 Å². The molecule has 0 aromatic heterocycles. The fraction of sp³-hybridized carbons (Fsp3) is 0.417. The highest BCUT2D eigenvalue weighted by Crippen LogP contribution is 2.28. The second-order valence-electron chi connectivity index (χ2n) is 4.42. The molecule has 1 aliphatic rings. The van der Waals surface area contributed by atoms with Gasteiger partial charge in [0, 0.05) is 33.7 Å². The van der Waals surface area contributed by atoms with E-state index in [1.165, 1.54) is 0 Å². The number of nitrogens with zero attached hydrogens (tertiary/aromatic N) is 4. The summed E-state index contributed by atoms with van der Waals surface area (Å²) in [6.07, 6.45) is 0.463. The minimum atomic E-state index is 0.109. The van der Waals surface area contributed by atoms with Crippen molar-refractivity contribution in [3.05, 3.63) is 37.8 Å². The van der Waals surface area contributed by atoms with Crippen molar-refractivity contribution in [2.24, 2.45) is 11.0 Å². The first kappa shape index (κ1) is 13.2. The first-order valence-electron chi connectivity index (χ1n) is 5.69. The van der Waals surface area contributed by atoms with Crippen LogP contribution in [0, 0.1) is 16.4 Å². The summed E-state index contributed by atoms with van der Waals surface area (Å²) in [7, 11) is 0. The van der Waals surface area contributed by atoms with Crippen molar-refractivity contribution in [3.63, 3.8) is 0 Å². The van der Waals surface area contributed by atoms with Gasteiger partial charge in [-0.2, -0.15) is 0 Å². The van der Waals surface area contributed by atoms with Crippen LogP contribution in [0.3, 0.4) is 0 Å². The Morgan fingerprint density at radius 1 is 1.61 bits per heavy atom. The zero-order valence-corrected chi connectivity index (χ0v) is 12.2. The second kappa shape index (κ2) is 5.58. The third-order valence-electron chi connectivity index (χ3n) is 3.06. The third-order valence-corrected chi connectivity index (χ3v) is 3.73. The van der Waals surface area contributed by atoms with E-state index < -0.39 is 0 Å². The summed E-state index contributed by atoms with van der Waals surface area (Å²) in [5.74, 6) is 0.240. The van der Waals surface area contributed by atoms with E-state index in [2.05, 4.69) is 38.7 Å². The second-order valence-corrected chi connectivity index (χ2v) is 5.66. The lowest BCUT2D eigenvalue weighted by Crippen LogP contribution is -2.25. The van der Waals surface area contributed by atoms with E-state index in [9.17, 15) is 4.79 Å². The Morgan fingerprint density at radius 2 is 2.39 bits per heavy atom. The van der Waals surface area contributed by atoms with E-state index in [-0.39, 0.29) is 11.8 Å². The van der Waals surface area contributed by atoms with E-state index in [4.69, 9.17) is 5.53 Å². The molecule has 1 amide bonds. The Hall–Kier alpha value is -1.27. The van der Waals surface area contributed by atoms with Crippen LogP contribution in [-0.2, 0) is 4.79 Å². The summed E-state index contributed by atoms with van der Waals surface area (Å²) in [6, 6.07) is 6.03. The van der Waals surface area contributed by atoms with Crippen molar-refractivity contribution in [2.75, 3.05) is 18.0 Å². The van der Waals surface area contributed by atoms with Gasteiger partial charge in [0.2, 0.25) is 5.91 Å². The van der Waals surface area contributed by atoms with E-state index in [0.29, 0.717) is 19.5 Å². The molecule has 1 fully saturated rings. The van der Waals surface area contributed by atoms with Gasteiger partial charge in [0.05, 0.1) is 0 Å². The largest absolute Gasteiger partial charge is 0.312 e. The number of halogens is 1. The van der Waals surface area contributed by atoms with Gasteiger partial charge >= 0.3 is 0 Å². The molecule has 0 radical (unpaired) electrons. The molecule has 94 valence electrons. The number of carbonyl (C=O) groups is 1. The maximum absolute atomic E-state index is 12.0. The molecule has 1 atom stereocenters. The first-order chi connectivity index (χ1) is 8.61. The van der Waals surface area contributed by atoms with Crippen LogP contribution in [0.25, 0.3) is 10.4 Å². The highest BCUT2D eigenvalue weighted by atomic mass is 127. The topological polar surface area (TPSA) is 69.1 Å². The van der Waals surface area contributed by atoms with Crippen LogP contribution in [0.15, 0.2) is 23.3 Å². The molecule has 0 saturated carbocycles. The van der Waals surface area contributed by atoms with Crippen molar-refractivity contribution in [1.82, 2.24) is 0 Å². The van der Waals surface area contributed by atoms with Crippen LogP contribution in [-0.4, -0.2) is 19.0 Å². The molecule has 0 spiro atoms. The number of anilines is 1. The zero-order chi connectivity index (χ0) is 13.1. The van der Waals surface area contributed by atoms with Crippen molar-refractivity contribution in [2.45, 2.75) is 13.3 Å². The lowest BCUT2D eigenvalue weighted by molar-refractivity contribution is -0.117. The molecule has 1 saturated heterocycles. The SMILES string of the molecule is Cc1cc(I)ccc1N1CC(CN=[N+]=[N-])CC1=O. The molecule has 1 unspecified atom stereocenters. The van der Waals surface area contributed by atoms with Gasteiger partial charge < -0.3 is 4.90 Å². The predicted octanol–water partition coefficient (Wildman–Crippen LogP) is 3.26. The van der Waals surface area contributed by atoms with Crippen molar-refractivity contribution in [3.8, 4) is 0 Å². The molecular formula is C12H13IN4O. The average Bonchev–Trinajstić information content (AvgIpc) is 2.68. The average molecular weight is 356 g/mol. The third kappa shape index (κ3) is 2.76. The van der Waals surface area contributed by atoms with Crippen LogP contribution in [0.1, 0.15) is 12.0 Å². The van der Waals surface area contributed by atoms with Crippen LogP contribution >= 0.6 is 22.6 Å². The van der Waals surface area contributed by atoms with Gasteiger partial charge in [-0.3, -0.25) is 4.79 Å². The number of hydrogen-bond donors (Lipinski definition) is 0. The highest BCUT2D eigenvalue weighted by molar-refractivity contribution is 14.1. The van der Waals surface area contributed by atoms with Gasteiger partial charge in [0.15, 0.2) is 0 Å². The van der Waals surface area contributed by atoms with Gasteiger partial charge in [-0.15, -0.1) is 0 Å². The molecule has 1 aromatic rings. The van der Waals surface area contributed by atoms with Gasteiger partial charge in [0.1, 0.15) is 0 Å². The summed E-state index contributed by atoms with van der Waals surface area (Å²) in [5, 5.41) is 3.55. The standard InChI is InChI=1S/C12H13IN4O/c1-8-4-10(13)2-3-11(8)17-7-9(5-12(17)18)6-15-16-14/h2-4,9H,5-7H2,1H3. The Labute approximate surface area is 119 Å². The van der Waals surface area contributed by atoms with E-state index in [1.54, 1.807) is 4.90 Å². The predicted molar refractivity (Wildman–Crippen MR) is 78.4 cm³/mol. The smallest absolute Gasteiger partial charge is 0.227 e. The molecule has 6 heteroatoms. The molecule has 0 N–H and O–H groups in total. The molecule has 1 aliphatic heterocycles. The lowest BCUT2D eigenvalue weighted by Gasteiger charge is -2.19. The van der Waals surface area contributed by atoms with Gasteiger partial charge in [0.25, 0.3) is 0 Å². The van der Waals surface area contributed by atoms with Crippen molar-refractivity contribution >= 4 is 34.2 Å². The molecule has 0 bridgehead atoms. The summed E-state index contributed by atoms with van der Waals surface area (Å²) in [5.41, 5.74) is 10.4. The Morgan fingerprint density at radius 3 is 3.06 bits per heavy atom. The first-order valence-corrected chi connectivity index (χ1v) is 6.77. The molecule has 18 heavy (non-hydrogen) atoms. The van der Waals surface area contributed by atoms with Crippen molar-refractivity contribution < 1.29 is 4.79 Å². The summed E-state index contributed by atoms with van der Waals surface area (Å²) >= 11 is 2.25. The van der Waals surface area contributed by atoms with Crippen LogP contribution in [0.5, 0.6) is 0 Å². The van der Waals surface area contributed by atoms with Gasteiger partial charge in [-0.25, -0.2) is 0 Å². The van der Waals surface area contributed by atoms with E-state index in [1.807, 2.05) is 19.1 Å². The maximum atomic E-state index is 12.0. The number of hydrogen-bond acceptors (Lipinski definition) is 2. The van der Waals surface area contributed by atoms with E-state index >= 15 is 0 Å². The Kier molecular flexibility index (Phi) is 4.08. The maximum Gasteiger partial charge on any atom is 0.227 e. The minimum absolute atomic E-state index is 0.109. The number of carbonyl (C=O) groups excluding carboxylic acids is 1. The number of rotatable bonds is 3. The zero-order valence-electron chi connectivity index (χ0n) is 10.0. The quantitative estimate of drug-likeness (QED) is 0.355. The summed E-state index contributed by atoms with van der Waals surface area (Å²) in [6.45, 7) is 3.03. The number of amides is 1. The van der Waals surface area contributed by atoms with Crippen LogP contribution in [0.2, 0.25) is 0 Å². The Bertz CT molecular complexity index is 525. The molecular weight excluding hydrogens is 343 g/mol.